The van der Waals surface area contributed by atoms with Crippen molar-refractivity contribution in [3.8, 4) is 5.75 Å². The van der Waals surface area contributed by atoms with E-state index in [1.165, 1.54) is 0 Å². The zero-order valence-corrected chi connectivity index (χ0v) is 15.4. The van der Waals surface area contributed by atoms with Crippen LogP contribution in [-0.2, 0) is 22.9 Å². The van der Waals surface area contributed by atoms with Gasteiger partial charge in [-0.05, 0) is 24.8 Å². The number of aromatic nitrogens is 2. The third-order valence-electron chi connectivity index (χ3n) is 4.45. The lowest BCUT2D eigenvalue weighted by Gasteiger charge is -2.25. The van der Waals surface area contributed by atoms with Crippen molar-refractivity contribution in [2.45, 2.75) is 30.3 Å². The summed E-state index contributed by atoms with van der Waals surface area (Å²) in [6.45, 7) is -1.50. The Bertz CT molecular complexity index is 1010. The number of pyridine rings is 1. The van der Waals surface area contributed by atoms with Gasteiger partial charge in [-0.3, -0.25) is 4.72 Å². The number of anilines is 1. The van der Waals surface area contributed by atoms with Gasteiger partial charge in [-0.25, -0.2) is 17.2 Å². The van der Waals surface area contributed by atoms with E-state index in [1.807, 2.05) is 0 Å². The maximum absolute atomic E-state index is 14.1. The van der Waals surface area contributed by atoms with Gasteiger partial charge in [-0.15, -0.1) is 0 Å². The molecule has 2 aromatic heterocycles. The predicted octanol–water partition coefficient (Wildman–Crippen LogP) is 3.50. The van der Waals surface area contributed by atoms with Crippen molar-refractivity contribution < 1.29 is 39.5 Å². The van der Waals surface area contributed by atoms with Gasteiger partial charge in [-0.2, -0.15) is 22.5 Å². The van der Waals surface area contributed by atoms with Crippen LogP contribution < -0.4 is 9.46 Å². The molecule has 0 saturated heterocycles. The molecule has 0 saturated carbocycles. The average molecular weight is 443 g/mol. The highest BCUT2D eigenvalue weighted by Crippen LogP contribution is 2.38. The van der Waals surface area contributed by atoms with E-state index in [9.17, 15) is 34.8 Å². The quantitative estimate of drug-likeness (QED) is 0.529. The monoisotopic (exact) mass is 443 g/mol. The van der Waals surface area contributed by atoms with E-state index in [0.717, 1.165) is 6.20 Å². The first-order valence-electron chi connectivity index (χ1n) is 8.36. The lowest BCUT2D eigenvalue weighted by atomic mass is 9.87. The molecule has 0 aliphatic heterocycles. The van der Waals surface area contributed by atoms with E-state index in [-0.39, 0.29) is 29.0 Å². The molecule has 1 atom stereocenters. The highest BCUT2D eigenvalue weighted by Gasteiger charge is 2.42. The molecule has 2 N–H and O–H groups in total. The van der Waals surface area contributed by atoms with Crippen LogP contribution in [-0.4, -0.2) is 37.8 Å². The number of halogens is 6. The number of nitrogens with one attached hydrogen (secondary N) is 2. The number of alkyl halides is 4. The van der Waals surface area contributed by atoms with Crippen molar-refractivity contribution in [2.75, 3.05) is 18.0 Å². The standard InChI is InChI=1S/C16H15F6N3O3S/c17-3-4-28-12-6-10(18)15(24-14(12)19)25-29(26,27)13-7-23-11-5-8(16(20,21)22)1-2-9(11)13/h6-8,23H,1-5H2,(H,24,25). The van der Waals surface area contributed by atoms with E-state index >= 15 is 0 Å². The molecule has 0 radical (unpaired) electrons. The van der Waals surface area contributed by atoms with E-state index in [0.29, 0.717) is 6.07 Å². The number of hydrogen-bond acceptors (Lipinski definition) is 4. The molecule has 1 aliphatic rings. The molecule has 1 aliphatic carbocycles. The molecule has 29 heavy (non-hydrogen) atoms. The molecular formula is C16H15F6N3O3S. The van der Waals surface area contributed by atoms with Crippen molar-refractivity contribution in [2.24, 2.45) is 5.92 Å². The molecule has 0 aromatic carbocycles. The van der Waals surface area contributed by atoms with Crippen LogP contribution in [0.5, 0.6) is 5.75 Å². The normalized spacial score (nSPS) is 17.1. The summed E-state index contributed by atoms with van der Waals surface area (Å²) in [6.07, 6.45) is -4.26. The van der Waals surface area contributed by atoms with Gasteiger partial charge < -0.3 is 9.72 Å². The number of ether oxygens (including phenoxy) is 1. The van der Waals surface area contributed by atoms with Crippen LogP contribution in [0, 0.1) is 17.7 Å². The summed E-state index contributed by atoms with van der Waals surface area (Å²) in [7, 11) is -4.47. The molecule has 3 rings (SSSR count). The Kier molecular flexibility index (Phi) is 5.70. The lowest BCUT2D eigenvalue weighted by Crippen LogP contribution is -2.29. The number of fused-ring (bicyclic) bond motifs is 1. The molecule has 0 amide bonds. The van der Waals surface area contributed by atoms with E-state index in [1.54, 1.807) is 4.72 Å². The van der Waals surface area contributed by atoms with Crippen molar-refractivity contribution in [3.63, 3.8) is 0 Å². The first-order chi connectivity index (χ1) is 13.5. The van der Waals surface area contributed by atoms with Crippen LogP contribution in [0.3, 0.4) is 0 Å². The Balaban J connectivity index is 1.85. The number of sulfonamides is 1. The fraction of sp³-hybridized carbons (Fsp3) is 0.438. The van der Waals surface area contributed by atoms with Crippen LogP contribution in [0.2, 0.25) is 0 Å². The molecule has 0 spiro atoms. The second-order valence-corrected chi connectivity index (χ2v) is 7.99. The third-order valence-corrected chi connectivity index (χ3v) is 5.85. The summed E-state index contributed by atoms with van der Waals surface area (Å²) < 4.78 is 110. The zero-order chi connectivity index (χ0) is 21.4. The van der Waals surface area contributed by atoms with Gasteiger partial charge in [0.25, 0.3) is 16.0 Å². The summed E-state index contributed by atoms with van der Waals surface area (Å²) in [6, 6.07) is 0.510. The van der Waals surface area contributed by atoms with Gasteiger partial charge in [0, 0.05) is 18.0 Å². The minimum atomic E-state index is -4.47. The molecule has 6 nitrogen and oxygen atoms in total. The Hall–Kier alpha value is -2.44. The van der Waals surface area contributed by atoms with Crippen molar-refractivity contribution in [1.29, 1.82) is 0 Å². The van der Waals surface area contributed by atoms with Crippen LogP contribution in [0.15, 0.2) is 17.2 Å². The van der Waals surface area contributed by atoms with Crippen LogP contribution >= 0.6 is 0 Å². The van der Waals surface area contributed by atoms with Gasteiger partial charge >= 0.3 is 6.18 Å². The number of rotatable bonds is 6. The van der Waals surface area contributed by atoms with Gasteiger partial charge in [0.05, 0.1) is 5.92 Å². The number of nitrogens with zero attached hydrogens (tertiary/aromatic N) is 1. The number of hydrogen-bond donors (Lipinski definition) is 2. The maximum atomic E-state index is 14.1. The highest BCUT2D eigenvalue weighted by molar-refractivity contribution is 7.92. The molecule has 2 heterocycles. The summed E-state index contributed by atoms with van der Waals surface area (Å²) in [5.41, 5.74) is 0.273. The summed E-state index contributed by atoms with van der Waals surface area (Å²) in [4.78, 5) is 5.29. The zero-order valence-electron chi connectivity index (χ0n) is 14.6. The minimum absolute atomic E-state index is 0.119. The average Bonchev–Trinajstić information content (AvgIpc) is 3.06. The second-order valence-electron chi connectivity index (χ2n) is 6.34. The Labute approximate surface area is 161 Å². The molecule has 2 aromatic rings. The molecule has 0 bridgehead atoms. The first-order valence-corrected chi connectivity index (χ1v) is 9.84. The van der Waals surface area contributed by atoms with E-state index < -0.39 is 65.2 Å². The number of H-pyrrole nitrogens is 1. The highest BCUT2D eigenvalue weighted by atomic mass is 32.2. The molecule has 160 valence electrons. The van der Waals surface area contributed by atoms with Gasteiger partial charge in [-0.1, -0.05) is 0 Å². The summed E-state index contributed by atoms with van der Waals surface area (Å²) in [5, 5.41) is 0. The van der Waals surface area contributed by atoms with E-state index in [2.05, 4.69) is 14.7 Å². The fourth-order valence-corrected chi connectivity index (χ4v) is 4.34. The summed E-state index contributed by atoms with van der Waals surface area (Å²) in [5.74, 6) is -5.89. The van der Waals surface area contributed by atoms with Crippen molar-refractivity contribution in [1.82, 2.24) is 9.97 Å². The van der Waals surface area contributed by atoms with Gasteiger partial charge in [0.15, 0.2) is 17.4 Å². The Morgan fingerprint density at radius 1 is 1.31 bits per heavy atom. The minimum Gasteiger partial charge on any atom is -0.486 e. The van der Waals surface area contributed by atoms with Gasteiger partial charge in [0.2, 0.25) is 0 Å². The van der Waals surface area contributed by atoms with E-state index in [4.69, 9.17) is 0 Å². The third kappa shape index (κ3) is 4.43. The maximum Gasteiger partial charge on any atom is 0.392 e. The van der Waals surface area contributed by atoms with Crippen LogP contribution in [0.1, 0.15) is 17.7 Å². The van der Waals surface area contributed by atoms with Crippen molar-refractivity contribution in [3.05, 3.63) is 35.3 Å². The SMILES string of the molecule is O=S(=O)(Nc1nc(F)c(OCCF)cc1F)c1c[nH]c2c1CCC(C(F)(F)F)C2. The molecule has 0 fully saturated rings. The van der Waals surface area contributed by atoms with Gasteiger partial charge in [0.1, 0.15) is 18.2 Å². The Morgan fingerprint density at radius 2 is 2.03 bits per heavy atom. The molecule has 1 unspecified atom stereocenters. The summed E-state index contributed by atoms with van der Waals surface area (Å²) >= 11 is 0. The largest absolute Gasteiger partial charge is 0.486 e. The van der Waals surface area contributed by atoms with Crippen LogP contribution in [0.25, 0.3) is 0 Å². The molecule has 13 heteroatoms. The van der Waals surface area contributed by atoms with Crippen molar-refractivity contribution >= 4 is 15.8 Å². The topological polar surface area (TPSA) is 84.1 Å². The first kappa shape index (κ1) is 21.3. The lowest BCUT2D eigenvalue weighted by molar-refractivity contribution is -0.177. The second kappa shape index (κ2) is 7.76. The number of aromatic amines is 1. The predicted molar refractivity (Wildman–Crippen MR) is 88.8 cm³/mol. The smallest absolute Gasteiger partial charge is 0.392 e. The fourth-order valence-electron chi connectivity index (χ4n) is 3.07. The van der Waals surface area contributed by atoms with Crippen LogP contribution in [0.4, 0.5) is 32.2 Å². The molecular weight excluding hydrogens is 428 g/mol. The Morgan fingerprint density at radius 3 is 2.69 bits per heavy atom.